The van der Waals surface area contributed by atoms with Crippen LogP contribution in [0.2, 0.25) is 0 Å². The van der Waals surface area contributed by atoms with E-state index in [1.807, 2.05) is 0 Å². The lowest BCUT2D eigenvalue weighted by Crippen LogP contribution is -2.08. The minimum Gasteiger partial charge on any atom is -0.375 e. The number of halogens is 1. The molecule has 0 radical (unpaired) electrons. The number of hydrogen-bond donors (Lipinski definition) is 1. The number of rotatable bonds is 1. The molecule has 0 bridgehead atoms. The van der Waals surface area contributed by atoms with Gasteiger partial charge in [0.05, 0.1) is 5.69 Å². The minimum atomic E-state index is 0.505. The summed E-state index contributed by atoms with van der Waals surface area (Å²) in [5, 5.41) is 0.715. The molecule has 1 heterocycles. The Bertz CT molecular complexity index is 533. The van der Waals surface area contributed by atoms with E-state index < -0.39 is 0 Å². The molecule has 0 saturated heterocycles. The molecule has 0 spiro atoms. The summed E-state index contributed by atoms with van der Waals surface area (Å²) >= 11 is 4.00. The monoisotopic (exact) mass is 356 g/mol. The molecule has 17 heavy (non-hydrogen) atoms. The van der Waals surface area contributed by atoms with E-state index in [-0.39, 0.29) is 0 Å². The zero-order valence-electron chi connectivity index (χ0n) is 9.32. The summed E-state index contributed by atoms with van der Waals surface area (Å²) in [6.07, 6.45) is 3.52. The van der Waals surface area contributed by atoms with Gasteiger partial charge in [-0.25, -0.2) is 4.98 Å². The van der Waals surface area contributed by atoms with E-state index in [1.165, 1.54) is 32.5 Å². The van der Waals surface area contributed by atoms with Gasteiger partial charge in [0.2, 0.25) is 0 Å². The largest absolute Gasteiger partial charge is 0.375 e. The highest BCUT2D eigenvalue weighted by atomic mass is 127. The molecule has 1 aliphatic rings. The van der Waals surface area contributed by atoms with Crippen molar-refractivity contribution in [1.82, 2.24) is 4.98 Å². The Morgan fingerprint density at radius 3 is 2.82 bits per heavy atom. The van der Waals surface area contributed by atoms with E-state index in [2.05, 4.69) is 51.8 Å². The lowest BCUT2D eigenvalue weighted by molar-refractivity contribution is 0.617. The summed E-state index contributed by atoms with van der Waals surface area (Å²) in [5.74, 6) is 0.505. The van der Waals surface area contributed by atoms with Gasteiger partial charge in [0.15, 0.2) is 5.13 Å². The van der Waals surface area contributed by atoms with Gasteiger partial charge in [0.1, 0.15) is 0 Å². The summed E-state index contributed by atoms with van der Waals surface area (Å²) in [6.45, 7) is 0. The molecule has 0 aliphatic heterocycles. The van der Waals surface area contributed by atoms with Crippen LogP contribution in [0.25, 0.3) is 0 Å². The molecule has 1 unspecified atom stereocenters. The maximum Gasteiger partial charge on any atom is 0.180 e. The summed E-state index contributed by atoms with van der Waals surface area (Å²) in [6, 6.07) is 8.82. The second kappa shape index (κ2) is 4.57. The van der Waals surface area contributed by atoms with Crippen LogP contribution in [0.1, 0.15) is 34.9 Å². The number of hydrogen-bond acceptors (Lipinski definition) is 3. The highest BCUT2D eigenvalue weighted by Gasteiger charge is 2.25. The van der Waals surface area contributed by atoms with Crippen molar-refractivity contribution in [1.29, 1.82) is 0 Å². The first kappa shape index (κ1) is 11.5. The van der Waals surface area contributed by atoms with Crippen molar-refractivity contribution in [2.45, 2.75) is 25.2 Å². The van der Waals surface area contributed by atoms with E-state index in [0.29, 0.717) is 11.0 Å². The number of nitrogen functional groups attached to an aromatic ring is 1. The highest BCUT2D eigenvalue weighted by Crippen LogP contribution is 2.40. The molecular formula is C13H13IN2S. The van der Waals surface area contributed by atoms with Crippen LogP contribution in [0.3, 0.4) is 0 Å². The fourth-order valence-corrected chi connectivity index (χ4v) is 3.85. The van der Waals surface area contributed by atoms with Crippen molar-refractivity contribution in [3.05, 3.63) is 44.0 Å². The van der Waals surface area contributed by atoms with E-state index in [0.717, 1.165) is 6.42 Å². The van der Waals surface area contributed by atoms with Crippen molar-refractivity contribution in [2.24, 2.45) is 0 Å². The number of anilines is 1. The Morgan fingerprint density at radius 1 is 1.29 bits per heavy atom. The third kappa shape index (κ3) is 2.20. The Balaban J connectivity index is 2.02. The molecule has 3 rings (SSSR count). The van der Waals surface area contributed by atoms with Crippen molar-refractivity contribution < 1.29 is 0 Å². The summed E-state index contributed by atoms with van der Waals surface area (Å²) in [5.41, 5.74) is 8.45. The van der Waals surface area contributed by atoms with Gasteiger partial charge in [-0.3, -0.25) is 0 Å². The van der Waals surface area contributed by atoms with Gasteiger partial charge in [0, 0.05) is 14.4 Å². The van der Waals surface area contributed by atoms with E-state index in [4.69, 9.17) is 5.73 Å². The third-order valence-electron chi connectivity index (χ3n) is 3.24. The van der Waals surface area contributed by atoms with Crippen LogP contribution >= 0.6 is 33.9 Å². The third-order valence-corrected chi connectivity index (χ3v) is 5.00. The number of nitrogens with zero attached hydrogens (tertiary/aromatic N) is 1. The second-order valence-corrected chi connectivity index (χ2v) is 6.67. The minimum absolute atomic E-state index is 0.505. The zero-order valence-corrected chi connectivity index (χ0v) is 12.3. The lowest BCUT2D eigenvalue weighted by atomic mass is 9.86. The number of thiazole rings is 1. The second-order valence-electron chi connectivity index (χ2n) is 4.36. The topological polar surface area (TPSA) is 38.9 Å². The molecule has 1 aliphatic carbocycles. The smallest absolute Gasteiger partial charge is 0.180 e. The van der Waals surface area contributed by atoms with Crippen molar-refractivity contribution in [2.75, 3.05) is 5.73 Å². The summed E-state index contributed by atoms with van der Waals surface area (Å²) < 4.78 is 1.28. The van der Waals surface area contributed by atoms with E-state index >= 15 is 0 Å². The Kier molecular flexibility index (Phi) is 3.08. The van der Waals surface area contributed by atoms with Crippen LogP contribution in [-0.2, 0) is 6.42 Å². The number of benzene rings is 1. The molecule has 88 valence electrons. The molecule has 0 fully saturated rings. The fourth-order valence-electron chi connectivity index (χ4n) is 2.45. The molecule has 0 amide bonds. The normalized spacial score (nSPS) is 19.0. The van der Waals surface area contributed by atoms with Crippen LogP contribution in [0, 0.1) is 3.57 Å². The predicted octanol–water partition coefficient (Wildman–Crippen LogP) is 3.80. The first-order valence-electron chi connectivity index (χ1n) is 5.74. The lowest BCUT2D eigenvalue weighted by Gasteiger charge is -2.21. The van der Waals surface area contributed by atoms with Gasteiger partial charge < -0.3 is 5.73 Å². The first-order valence-corrected chi connectivity index (χ1v) is 7.64. The highest BCUT2D eigenvalue weighted by molar-refractivity contribution is 14.1. The van der Waals surface area contributed by atoms with Crippen LogP contribution in [0.15, 0.2) is 24.3 Å². The molecule has 1 atom stereocenters. The van der Waals surface area contributed by atoms with Crippen molar-refractivity contribution in [3.63, 3.8) is 0 Å². The van der Waals surface area contributed by atoms with Gasteiger partial charge in [0.25, 0.3) is 0 Å². The quantitative estimate of drug-likeness (QED) is 0.790. The maximum absolute atomic E-state index is 5.83. The van der Waals surface area contributed by atoms with Crippen LogP contribution in [-0.4, -0.2) is 4.98 Å². The van der Waals surface area contributed by atoms with Gasteiger partial charge in [-0.15, -0.1) is 11.3 Å². The average Bonchev–Trinajstić information content (AvgIpc) is 2.70. The molecule has 2 aromatic rings. The molecule has 4 heteroatoms. The SMILES string of the molecule is Nc1nc2c(s1)C(c1ccc(I)cc1)CCC2. The van der Waals surface area contributed by atoms with Crippen LogP contribution in [0.4, 0.5) is 5.13 Å². The summed E-state index contributed by atoms with van der Waals surface area (Å²) in [4.78, 5) is 5.82. The van der Waals surface area contributed by atoms with Gasteiger partial charge >= 0.3 is 0 Å². The average molecular weight is 356 g/mol. The molecule has 2 nitrogen and oxygen atoms in total. The zero-order chi connectivity index (χ0) is 11.8. The van der Waals surface area contributed by atoms with Crippen molar-refractivity contribution in [3.8, 4) is 0 Å². The van der Waals surface area contributed by atoms with Crippen LogP contribution in [0.5, 0.6) is 0 Å². The predicted molar refractivity (Wildman–Crippen MR) is 80.5 cm³/mol. The number of aryl methyl sites for hydroxylation is 1. The molecular weight excluding hydrogens is 343 g/mol. The van der Waals surface area contributed by atoms with Gasteiger partial charge in [-0.2, -0.15) is 0 Å². The Hall–Kier alpha value is -0.620. The Labute approximate surface area is 118 Å². The van der Waals surface area contributed by atoms with Crippen molar-refractivity contribution >= 4 is 39.1 Å². The van der Waals surface area contributed by atoms with Gasteiger partial charge in [-0.05, 0) is 59.5 Å². The number of nitrogens with two attached hydrogens (primary N) is 1. The fraction of sp³-hybridized carbons (Fsp3) is 0.308. The number of aromatic nitrogens is 1. The number of fused-ring (bicyclic) bond motifs is 1. The molecule has 0 saturated carbocycles. The summed E-state index contributed by atoms with van der Waals surface area (Å²) in [7, 11) is 0. The standard InChI is InChI=1S/C13H13IN2S/c14-9-6-4-8(5-7-9)10-2-1-3-11-12(10)17-13(15)16-11/h4-7,10H,1-3H2,(H2,15,16). The molecule has 1 aromatic carbocycles. The first-order chi connectivity index (χ1) is 8.24. The maximum atomic E-state index is 5.83. The van der Waals surface area contributed by atoms with Crippen LogP contribution < -0.4 is 5.73 Å². The van der Waals surface area contributed by atoms with Gasteiger partial charge in [-0.1, -0.05) is 12.1 Å². The molecule has 1 aromatic heterocycles. The molecule has 2 N–H and O–H groups in total. The van der Waals surface area contributed by atoms with E-state index in [1.54, 1.807) is 11.3 Å². The Morgan fingerprint density at radius 2 is 2.06 bits per heavy atom. The van der Waals surface area contributed by atoms with E-state index in [9.17, 15) is 0 Å².